The highest BCUT2D eigenvalue weighted by Gasteiger charge is 2.06. The van der Waals surface area contributed by atoms with Crippen LogP contribution < -0.4 is 20.1 Å². The Kier molecular flexibility index (Phi) is 5.86. The number of aryl methyl sites for hydroxylation is 2. The predicted octanol–water partition coefficient (Wildman–Crippen LogP) is 3.86. The minimum absolute atomic E-state index is 0.0884. The van der Waals surface area contributed by atoms with E-state index in [0.29, 0.717) is 18.0 Å². The van der Waals surface area contributed by atoms with Crippen molar-refractivity contribution in [3.05, 3.63) is 53.6 Å². The van der Waals surface area contributed by atoms with Gasteiger partial charge in [0.25, 0.3) is 0 Å². The number of nitrogens with one attached hydrogen (secondary N) is 2. The van der Waals surface area contributed by atoms with Gasteiger partial charge in [0, 0.05) is 0 Å². The third-order valence-corrected chi connectivity index (χ3v) is 3.39. The molecule has 5 nitrogen and oxygen atoms in total. The number of rotatable bonds is 6. The highest BCUT2D eigenvalue weighted by molar-refractivity contribution is 5.90. The van der Waals surface area contributed by atoms with E-state index < -0.39 is 0 Å². The summed E-state index contributed by atoms with van der Waals surface area (Å²) in [6.07, 6.45) is 0. The molecule has 2 amide bonds. The van der Waals surface area contributed by atoms with E-state index in [1.165, 1.54) is 5.56 Å². The molecular formula is C18H22N2O3. The highest BCUT2D eigenvalue weighted by Crippen LogP contribution is 2.23. The van der Waals surface area contributed by atoms with Crippen molar-refractivity contribution in [2.75, 3.05) is 18.7 Å². The highest BCUT2D eigenvalue weighted by atomic mass is 16.5. The van der Waals surface area contributed by atoms with Gasteiger partial charge in [-0.3, -0.25) is 0 Å². The van der Waals surface area contributed by atoms with Crippen LogP contribution in [0.5, 0.6) is 11.5 Å². The van der Waals surface area contributed by atoms with Crippen LogP contribution in [-0.2, 0) is 0 Å². The first-order valence-corrected chi connectivity index (χ1v) is 7.57. The van der Waals surface area contributed by atoms with Gasteiger partial charge < -0.3 is 20.1 Å². The van der Waals surface area contributed by atoms with E-state index in [2.05, 4.69) is 10.6 Å². The van der Waals surface area contributed by atoms with Gasteiger partial charge in [0.2, 0.25) is 0 Å². The summed E-state index contributed by atoms with van der Waals surface area (Å²) in [6.45, 7) is 6.59. The van der Waals surface area contributed by atoms with Gasteiger partial charge >= 0.3 is 6.03 Å². The second-order valence-electron chi connectivity index (χ2n) is 5.09. The maximum absolute atomic E-state index is 11.9. The van der Waals surface area contributed by atoms with Crippen molar-refractivity contribution in [1.82, 2.24) is 5.32 Å². The number of benzene rings is 2. The van der Waals surface area contributed by atoms with Crippen LogP contribution in [0.2, 0.25) is 0 Å². The first kappa shape index (κ1) is 16.7. The van der Waals surface area contributed by atoms with E-state index in [1.54, 1.807) is 6.07 Å². The Morgan fingerprint density at radius 1 is 1.04 bits per heavy atom. The summed E-state index contributed by atoms with van der Waals surface area (Å²) in [5, 5.41) is 5.40. The lowest BCUT2D eigenvalue weighted by Crippen LogP contribution is -2.32. The molecule has 0 aliphatic rings. The lowest BCUT2D eigenvalue weighted by Gasteiger charge is -2.13. The summed E-state index contributed by atoms with van der Waals surface area (Å²) < 4.78 is 11.0. The Balaban J connectivity index is 1.84. The number of urea groups is 1. The Labute approximate surface area is 136 Å². The molecule has 0 saturated carbocycles. The summed E-state index contributed by atoms with van der Waals surface area (Å²) in [4.78, 5) is 11.9. The second kappa shape index (κ2) is 8.08. The number of amides is 2. The number of carbonyl (C=O) groups excluding carboxylic acids is 1. The molecule has 0 fully saturated rings. The normalized spacial score (nSPS) is 10.0. The average Bonchev–Trinajstić information content (AvgIpc) is 2.53. The van der Waals surface area contributed by atoms with Crippen molar-refractivity contribution in [3.63, 3.8) is 0 Å². The fraction of sp³-hybridized carbons (Fsp3) is 0.278. The maximum atomic E-state index is 11.9. The molecular weight excluding hydrogens is 292 g/mol. The summed E-state index contributed by atoms with van der Waals surface area (Å²) in [6, 6.07) is 12.8. The van der Waals surface area contributed by atoms with Gasteiger partial charge in [-0.25, -0.2) is 4.79 Å². The third kappa shape index (κ3) is 4.92. The van der Waals surface area contributed by atoms with Gasteiger partial charge in [-0.2, -0.15) is 0 Å². The third-order valence-electron chi connectivity index (χ3n) is 3.39. The van der Waals surface area contributed by atoms with E-state index >= 15 is 0 Å². The van der Waals surface area contributed by atoms with E-state index in [0.717, 1.165) is 11.3 Å². The van der Waals surface area contributed by atoms with Crippen molar-refractivity contribution in [2.24, 2.45) is 0 Å². The molecule has 0 spiro atoms. The minimum atomic E-state index is -0.346. The molecule has 2 aromatic carbocycles. The average molecular weight is 314 g/mol. The molecule has 0 aromatic heterocycles. The van der Waals surface area contributed by atoms with Crippen molar-refractivity contribution in [3.8, 4) is 11.5 Å². The van der Waals surface area contributed by atoms with Crippen molar-refractivity contribution < 1.29 is 14.3 Å². The monoisotopic (exact) mass is 314 g/mol. The van der Waals surface area contributed by atoms with E-state index in [9.17, 15) is 4.79 Å². The number of ether oxygens (including phenoxy) is 2. The molecule has 2 rings (SSSR count). The van der Waals surface area contributed by atoms with Gasteiger partial charge in [-0.15, -0.1) is 0 Å². The zero-order chi connectivity index (χ0) is 16.7. The first-order chi connectivity index (χ1) is 11.1. The van der Waals surface area contributed by atoms with Crippen LogP contribution in [0.3, 0.4) is 0 Å². The van der Waals surface area contributed by atoms with E-state index in [-0.39, 0.29) is 12.8 Å². The molecule has 2 N–H and O–H groups in total. The van der Waals surface area contributed by atoms with Crippen LogP contribution in [0.4, 0.5) is 10.5 Å². The Hall–Kier alpha value is -2.69. The zero-order valence-corrected chi connectivity index (χ0v) is 13.7. The smallest absolute Gasteiger partial charge is 0.321 e. The van der Waals surface area contributed by atoms with E-state index in [4.69, 9.17) is 9.47 Å². The van der Waals surface area contributed by atoms with Crippen LogP contribution in [0.1, 0.15) is 18.1 Å². The number of hydrogen-bond donors (Lipinski definition) is 2. The fourth-order valence-electron chi connectivity index (χ4n) is 2.01. The molecule has 0 aliphatic carbocycles. The fourth-order valence-corrected chi connectivity index (χ4v) is 2.01. The molecule has 5 heteroatoms. The minimum Gasteiger partial charge on any atom is -0.492 e. The van der Waals surface area contributed by atoms with Crippen molar-refractivity contribution in [2.45, 2.75) is 20.8 Å². The largest absolute Gasteiger partial charge is 0.492 e. The van der Waals surface area contributed by atoms with Crippen molar-refractivity contribution in [1.29, 1.82) is 0 Å². The predicted molar refractivity (Wildman–Crippen MR) is 91.2 cm³/mol. The second-order valence-corrected chi connectivity index (χ2v) is 5.09. The van der Waals surface area contributed by atoms with Crippen LogP contribution >= 0.6 is 0 Å². The Bertz CT molecular complexity index is 671. The van der Waals surface area contributed by atoms with Crippen LogP contribution in [0.25, 0.3) is 0 Å². The maximum Gasteiger partial charge on any atom is 0.321 e. The van der Waals surface area contributed by atoms with Crippen LogP contribution in [0, 0.1) is 13.8 Å². The van der Waals surface area contributed by atoms with Crippen LogP contribution in [-0.4, -0.2) is 19.4 Å². The number of carbonyl (C=O) groups is 1. The molecule has 122 valence electrons. The number of anilines is 1. The Morgan fingerprint density at radius 2 is 1.83 bits per heavy atom. The molecule has 0 bridgehead atoms. The van der Waals surface area contributed by atoms with Gasteiger partial charge in [0.1, 0.15) is 11.5 Å². The summed E-state index contributed by atoms with van der Waals surface area (Å²) in [7, 11) is 0. The summed E-state index contributed by atoms with van der Waals surface area (Å²) >= 11 is 0. The molecule has 0 aliphatic heterocycles. The molecule has 2 aromatic rings. The molecule has 0 saturated heterocycles. The topological polar surface area (TPSA) is 59.6 Å². The molecule has 0 heterocycles. The Morgan fingerprint density at radius 3 is 2.57 bits per heavy atom. The number of para-hydroxylation sites is 2. The molecule has 23 heavy (non-hydrogen) atoms. The lowest BCUT2D eigenvalue weighted by atomic mass is 10.1. The molecule has 0 unspecified atom stereocenters. The lowest BCUT2D eigenvalue weighted by molar-refractivity contribution is 0.234. The summed E-state index contributed by atoms with van der Waals surface area (Å²) in [5.41, 5.74) is 2.98. The quantitative estimate of drug-likeness (QED) is 0.796. The molecule has 0 atom stereocenters. The van der Waals surface area contributed by atoms with E-state index in [1.807, 2.05) is 57.2 Å². The zero-order valence-electron chi connectivity index (χ0n) is 13.7. The van der Waals surface area contributed by atoms with Gasteiger partial charge in [0.05, 0.1) is 12.3 Å². The van der Waals surface area contributed by atoms with Crippen LogP contribution in [0.15, 0.2) is 42.5 Å². The van der Waals surface area contributed by atoms with Gasteiger partial charge in [-0.05, 0) is 56.2 Å². The first-order valence-electron chi connectivity index (χ1n) is 7.57. The van der Waals surface area contributed by atoms with Gasteiger partial charge in [0.15, 0.2) is 6.73 Å². The van der Waals surface area contributed by atoms with Crippen molar-refractivity contribution >= 4 is 11.7 Å². The van der Waals surface area contributed by atoms with Gasteiger partial charge in [-0.1, -0.05) is 18.2 Å². The summed E-state index contributed by atoms with van der Waals surface area (Å²) in [5.74, 6) is 1.36. The SMILES string of the molecule is CCOc1ccccc1NC(=O)NCOc1ccc(C)c(C)c1. The number of hydrogen-bond acceptors (Lipinski definition) is 3. The standard InChI is InChI=1S/C18H22N2O3/c1-4-22-17-8-6-5-7-16(17)20-18(21)19-12-23-15-10-9-13(2)14(3)11-15/h5-11H,4,12H2,1-3H3,(H2,19,20,21). The molecule has 0 radical (unpaired) electrons.